The van der Waals surface area contributed by atoms with Crippen molar-refractivity contribution < 1.29 is 14.6 Å². The molecular weight excluding hydrogens is 428 g/mol. The molecule has 3 rings (SSSR count). The van der Waals surface area contributed by atoms with E-state index < -0.39 is 5.41 Å². The van der Waals surface area contributed by atoms with Gasteiger partial charge in [0.1, 0.15) is 18.2 Å². The van der Waals surface area contributed by atoms with E-state index in [1.807, 2.05) is 43.5 Å². The molecule has 5 nitrogen and oxygen atoms in total. The Morgan fingerprint density at radius 1 is 1.33 bits per heavy atom. The van der Waals surface area contributed by atoms with E-state index in [1.54, 1.807) is 0 Å². The number of ketones is 1. The molecule has 142 valence electrons. The lowest BCUT2D eigenvalue weighted by atomic mass is 9.86. The van der Waals surface area contributed by atoms with Gasteiger partial charge in [0.15, 0.2) is 5.78 Å². The van der Waals surface area contributed by atoms with Crippen molar-refractivity contribution in [1.29, 1.82) is 0 Å². The number of hydrogen-bond acceptors (Lipinski definition) is 6. The summed E-state index contributed by atoms with van der Waals surface area (Å²) >= 11 is 4.86. The summed E-state index contributed by atoms with van der Waals surface area (Å²) in [6.45, 7) is 4.01. The van der Waals surface area contributed by atoms with E-state index in [4.69, 9.17) is 10.5 Å². The quantitative estimate of drug-likeness (QED) is 0.506. The maximum absolute atomic E-state index is 12.7. The maximum Gasteiger partial charge on any atom is 0.166 e. The zero-order chi connectivity index (χ0) is 19.6. The van der Waals surface area contributed by atoms with Crippen molar-refractivity contribution in [2.75, 3.05) is 12.3 Å². The van der Waals surface area contributed by atoms with Crippen LogP contribution in [0.2, 0.25) is 0 Å². The maximum atomic E-state index is 12.7. The summed E-state index contributed by atoms with van der Waals surface area (Å²) in [6, 6.07) is 7.59. The molecule has 0 spiro atoms. The fraction of sp³-hybridized carbons (Fsp3) is 0.300. The molecule has 0 bridgehead atoms. The van der Waals surface area contributed by atoms with Crippen LogP contribution >= 0.6 is 27.3 Å². The highest BCUT2D eigenvalue weighted by atomic mass is 79.9. The number of aromatic nitrogens is 1. The molecule has 0 aliphatic rings. The number of rotatable bonds is 7. The number of carbonyl (C=O) groups excluding carboxylic acids is 1. The van der Waals surface area contributed by atoms with Crippen molar-refractivity contribution in [3.63, 3.8) is 0 Å². The van der Waals surface area contributed by atoms with Gasteiger partial charge in [-0.05, 0) is 35.1 Å². The predicted molar refractivity (Wildman–Crippen MR) is 112 cm³/mol. The van der Waals surface area contributed by atoms with E-state index in [1.165, 1.54) is 17.5 Å². The van der Waals surface area contributed by atoms with E-state index in [0.29, 0.717) is 18.0 Å². The fourth-order valence-corrected chi connectivity index (χ4v) is 4.07. The Morgan fingerprint density at radius 2 is 2.04 bits per heavy atom. The Bertz CT molecular complexity index is 967. The number of nitrogens with zero attached hydrogens (tertiary/aromatic N) is 1. The molecule has 2 aromatic heterocycles. The van der Waals surface area contributed by atoms with E-state index in [2.05, 4.69) is 20.9 Å². The molecule has 0 atom stereocenters. The molecule has 3 aromatic rings. The third-order valence-electron chi connectivity index (χ3n) is 4.28. The first-order valence-electron chi connectivity index (χ1n) is 8.48. The monoisotopic (exact) mass is 448 g/mol. The number of nitrogen functional groups attached to an aromatic ring is 1. The number of aliphatic hydroxyl groups is 1. The fourth-order valence-electron chi connectivity index (χ4n) is 2.71. The molecule has 7 heteroatoms. The average molecular weight is 449 g/mol. The molecule has 1 aromatic carbocycles. The van der Waals surface area contributed by atoms with Crippen molar-refractivity contribution >= 4 is 49.0 Å². The zero-order valence-electron chi connectivity index (χ0n) is 15.2. The van der Waals surface area contributed by atoms with Gasteiger partial charge in [-0.15, -0.1) is 11.3 Å². The molecule has 27 heavy (non-hydrogen) atoms. The number of aliphatic hydroxyl groups excluding tert-OH is 1. The van der Waals surface area contributed by atoms with Crippen molar-refractivity contribution in [2.24, 2.45) is 5.41 Å². The number of Topliss-reactive ketones (excluding diaryl/α,β-unsaturated/α-hetero) is 1. The van der Waals surface area contributed by atoms with Gasteiger partial charge in [-0.3, -0.25) is 4.79 Å². The average Bonchev–Trinajstić information content (AvgIpc) is 3.06. The second-order valence-corrected chi connectivity index (χ2v) is 8.98. The van der Waals surface area contributed by atoms with Gasteiger partial charge in [-0.2, -0.15) is 0 Å². The van der Waals surface area contributed by atoms with Crippen LogP contribution < -0.4 is 10.5 Å². The van der Waals surface area contributed by atoms with Gasteiger partial charge in [-0.25, -0.2) is 4.98 Å². The number of pyridine rings is 1. The van der Waals surface area contributed by atoms with E-state index in [9.17, 15) is 9.90 Å². The molecule has 0 radical (unpaired) electrons. The molecule has 0 saturated heterocycles. The van der Waals surface area contributed by atoms with Crippen LogP contribution in [0.3, 0.4) is 0 Å². The van der Waals surface area contributed by atoms with Gasteiger partial charge in [0.25, 0.3) is 0 Å². The lowest BCUT2D eigenvalue weighted by Gasteiger charge is -2.20. The van der Waals surface area contributed by atoms with Gasteiger partial charge < -0.3 is 15.6 Å². The second-order valence-electron chi connectivity index (χ2n) is 7.19. The van der Waals surface area contributed by atoms with Gasteiger partial charge in [-0.1, -0.05) is 29.8 Å². The van der Waals surface area contributed by atoms with Crippen LogP contribution in [0.15, 0.2) is 40.3 Å². The number of anilines is 1. The number of nitrogens with two attached hydrogens (primary N) is 1. The SMILES string of the molecule is CC(C)(CO)CC(=O)c1cnc(N)c2c(COc3ccc(Br)cc3)csc12. The van der Waals surface area contributed by atoms with Gasteiger partial charge in [0.2, 0.25) is 0 Å². The first kappa shape index (κ1) is 19.8. The van der Waals surface area contributed by atoms with Crippen LogP contribution in [-0.2, 0) is 6.61 Å². The van der Waals surface area contributed by atoms with E-state index in [-0.39, 0.29) is 18.8 Å². The molecule has 2 heterocycles. The summed E-state index contributed by atoms with van der Waals surface area (Å²) in [6.07, 6.45) is 1.77. The lowest BCUT2D eigenvalue weighted by Crippen LogP contribution is -2.21. The molecule has 0 fully saturated rings. The lowest BCUT2D eigenvalue weighted by molar-refractivity contribution is 0.0860. The van der Waals surface area contributed by atoms with Gasteiger partial charge in [0.05, 0.1) is 10.3 Å². The van der Waals surface area contributed by atoms with Crippen LogP contribution in [0.1, 0.15) is 36.2 Å². The molecule has 0 aliphatic heterocycles. The van der Waals surface area contributed by atoms with Crippen molar-refractivity contribution in [2.45, 2.75) is 26.9 Å². The number of hydrogen-bond donors (Lipinski definition) is 2. The summed E-state index contributed by atoms with van der Waals surface area (Å²) in [5.74, 6) is 1.09. The minimum absolute atomic E-state index is 0.0474. The summed E-state index contributed by atoms with van der Waals surface area (Å²) in [7, 11) is 0. The summed E-state index contributed by atoms with van der Waals surface area (Å²) in [4.78, 5) is 17.0. The standard InChI is InChI=1S/C20H21BrN2O3S/c1-20(2,11-24)7-16(25)15-8-23-19(22)17-12(10-27-18(15)17)9-26-14-5-3-13(21)4-6-14/h3-6,8,10,24H,7,9,11H2,1-2H3,(H2,22,23). The number of halogens is 1. The summed E-state index contributed by atoms with van der Waals surface area (Å²) < 4.78 is 7.65. The zero-order valence-corrected chi connectivity index (χ0v) is 17.6. The molecule has 0 unspecified atom stereocenters. The van der Waals surface area contributed by atoms with Crippen molar-refractivity contribution in [3.05, 3.63) is 51.4 Å². The first-order chi connectivity index (χ1) is 12.8. The third kappa shape index (κ3) is 4.48. The highest BCUT2D eigenvalue weighted by Gasteiger charge is 2.24. The number of carbonyl (C=O) groups is 1. The predicted octanol–water partition coefficient (Wildman–Crippen LogP) is 4.81. The van der Waals surface area contributed by atoms with E-state index >= 15 is 0 Å². The minimum Gasteiger partial charge on any atom is -0.489 e. The summed E-state index contributed by atoms with van der Waals surface area (Å²) in [5.41, 5.74) is 7.06. The van der Waals surface area contributed by atoms with Crippen LogP contribution in [0.25, 0.3) is 10.1 Å². The number of ether oxygens (including phenoxy) is 1. The minimum atomic E-state index is -0.477. The number of benzene rings is 1. The topological polar surface area (TPSA) is 85.4 Å². The van der Waals surface area contributed by atoms with Crippen molar-refractivity contribution in [3.8, 4) is 5.75 Å². The Balaban J connectivity index is 1.88. The Hall–Kier alpha value is -1.96. The van der Waals surface area contributed by atoms with Crippen LogP contribution in [0.5, 0.6) is 5.75 Å². The molecule has 0 saturated carbocycles. The van der Waals surface area contributed by atoms with E-state index in [0.717, 1.165) is 25.9 Å². The van der Waals surface area contributed by atoms with Crippen LogP contribution in [-0.4, -0.2) is 22.5 Å². The van der Waals surface area contributed by atoms with Crippen LogP contribution in [0.4, 0.5) is 5.82 Å². The third-order valence-corrected chi connectivity index (χ3v) is 5.87. The molecule has 3 N–H and O–H groups in total. The largest absolute Gasteiger partial charge is 0.489 e. The highest BCUT2D eigenvalue weighted by Crippen LogP contribution is 2.35. The summed E-state index contributed by atoms with van der Waals surface area (Å²) in [5, 5.41) is 12.2. The number of thiophene rings is 1. The molecule has 0 aliphatic carbocycles. The molecular formula is C20H21BrN2O3S. The molecule has 0 amide bonds. The smallest absolute Gasteiger partial charge is 0.166 e. The number of fused-ring (bicyclic) bond motifs is 1. The van der Waals surface area contributed by atoms with Crippen molar-refractivity contribution in [1.82, 2.24) is 4.98 Å². The normalized spacial score (nSPS) is 11.7. The Kier molecular flexibility index (Phi) is 5.83. The van der Waals surface area contributed by atoms with Crippen LogP contribution in [0, 0.1) is 5.41 Å². The first-order valence-corrected chi connectivity index (χ1v) is 10.1. The second kappa shape index (κ2) is 7.96. The Morgan fingerprint density at radius 3 is 2.70 bits per heavy atom. The van der Waals surface area contributed by atoms with Gasteiger partial charge >= 0.3 is 0 Å². The Labute approximate surface area is 170 Å². The van der Waals surface area contributed by atoms with Gasteiger partial charge in [0, 0.05) is 34.6 Å². The highest BCUT2D eigenvalue weighted by molar-refractivity contribution is 9.10.